The van der Waals surface area contributed by atoms with Gasteiger partial charge in [-0.05, 0) is 105 Å². The Morgan fingerprint density at radius 1 is 1.17 bits per heavy atom. The molecule has 4 aliphatic carbocycles. The summed E-state index contributed by atoms with van der Waals surface area (Å²) in [6.07, 6.45) is 13.1. The van der Waals surface area contributed by atoms with Gasteiger partial charge in [-0.15, -0.1) is 0 Å². The van der Waals surface area contributed by atoms with Crippen LogP contribution in [0.5, 0.6) is 11.5 Å². The minimum Gasteiger partial charge on any atom is -0.504 e. The maximum absolute atomic E-state index is 13.3. The number of ketones is 1. The Morgan fingerprint density at radius 2 is 1.97 bits per heavy atom. The van der Waals surface area contributed by atoms with E-state index < -0.39 is 0 Å². The van der Waals surface area contributed by atoms with E-state index in [1.165, 1.54) is 30.4 Å². The number of ether oxygens (including phenoxy) is 1. The van der Waals surface area contributed by atoms with Gasteiger partial charge in [0.05, 0.1) is 6.61 Å². The molecule has 2 N–H and O–H groups in total. The second-order valence-corrected chi connectivity index (χ2v) is 11.9. The number of rotatable bonds is 7. The van der Waals surface area contributed by atoms with Crippen LogP contribution >= 0.6 is 0 Å². The molecule has 3 unspecified atom stereocenters. The number of fused-ring (bicyclic) bond motifs is 5. The number of phenols is 1. The van der Waals surface area contributed by atoms with Crippen molar-refractivity contribution < 1.29 is 19.4 Å². The fourth-order valence-electron chi connectivity index (χ4n) is 8.25. The van der Waals surface area contributed by atoms with E-state index in [2.05, 4.69) is 18.3 Å². The van der Waals surface area contributed by atoms with Gasteiger partial charge in [0.15, 0.2) is 11.5 Å². The van der Waals surface area contributed by atoms with Crippen LogP contribution in [0.3, 0.4) is 0 Å². The highest BCUT2D eigenvalue weighted by atomic mass is 16.5. The molecular formula is C30H43NO4. The van der Waals surface area contributed by atoms with Crippen LogP contribution in [0.4, 0.5) is 0 Å². The summed E-state index contributed by atoms with van der Waals surface area (Å²) in [5.74, 6) is 3.17. The van der Waals surface area contributed by atoms with Crippen LogP contribution in [0.25, 0.3) is 0 Å². The predicted molar refractivity (Wildman–Crippen MR) is 137 cm³/mol. The van der Waals surface area contributed by atoms with Crippen molar-refractivity contribution in [3.8, 4) is 11.5 Å². The SMILES string of the molecule is CCOc1cc2c(cc1O)CCC1C2CC[C@]2(C)C(=O)C[C@H](CCCC(=O)NC3CCCCC3)C12. The average Bonchev–Trinajstić information content (AvgIpc) is 3.10. The molecule has 0 saturated heterocycles. The number of phenolic OH excluding ortho intramolecular Hbond substituents is 1. The van der Waals surface area contributed by atoms with Gasteiger partial charge in [-0.2, -0.15) is 0 Å². The summed E-state index contributed by atoms with van der Waals surface area (Å²) in [6, 6.07) is 4.36. The lowest BCUT2D eigenvalue weighted by molar-refractivity contribution is -0.129. The van der Waals surface area contributed by atoms with Gasteiger partial charge in [-0.3, -0.25) is 9.59 Å². The first kappa shape index (κ1) is 24.6. The normalized spacial score (nSPS) is 32.5. The molecule has 3 fully saturated rings. The lowest BCUT2D eigenvalue weighted by Gasteiger charge is -2.50. The molecule has 3 saturated carbocycles. The summed E-state index contributed by atoms with van der Waals surface area (Å²) in [5, 5.41) is 13.7. The van der Waals surface area contributed by atoms with Gasteiger partial charge in [-0.1, -0.05) is 26.2 Å². The summed E-state index contributed by atoms with van der Waals surface area (Å²) in [5.41, 5.74) is 2.36. The van der Waals surface area contributed by atoms with Crippen LogP contribution in [0.15, 0.2) is 12.1 Å². The molecule has 0 radical (unpaired) electrons. The first-order valence-electron chi connectivity index (χ1n) is 14.2. The monoisotopic (exact) mass is 481 g/mol. The molecule has 5 nitrogen and oxygen atoms in total. The minimum atomic E-state index is -0.215. The van der Waals surface area contributed by atoms with Crippen LogP contribution in [0.2, 0.25) is 0 Å². The first-order chi connectivity index (χ1) is 16.9. The molecule has 0 aliphatic heterocycles. The van der Waals surface area contributed by atoms with Gasteiger partial charge in [-0.25, -0.2) is 0 Å². The highest BCUT2D eigenvalue weighted by molar-refractivity contribution is 5.87. The summed E-state index contributed by atoms with van der Waals surface area (Å²) in [4.78, 5) is 25.8. The molecule has 5 atom stereocenters. The third-order valence-electron chi connectivity index (χ3n) is 9.90. The summed E-state index contributed by atoms with van der Waals surface area (Å²) in [6.45, 7) is 4.70. The first-order valence-corrected chi connectivity index (χ1v) is 14.2. The molecule has 192 valence electrons. The topological polar surface area (TPSA) is 75.6 Å². The van der Waals surface area contributed by atoms with Gasteiger partial charge in [0, 0.05) is 24.3 Å². The van der Waals surface area contributed by atoms with E-state index in [1.54, 1.807) is 0 Å². The van der Waals surface area contributed by atoms with E-state index >= 15 is 0 Å². The maximum Gasteiger partial charge on any atom is 0.220 e. The summed E-state index contributed by atoms with van der Waals surface area (Å²) in [7, 11) is 0. The zero-order chi connectivity index (χ0) is 24.6. The quantitative estimate of drug-likeness (QED) is 0.496. The minimum absolute atomic E-state index is 0.195. The van der Waals surface area contributed by atoms with Crippen molar-refractivity contribution >= 4 is 11.7 Å². The molecule has 4 aliphatic rings. The second-order valence-electron chi connectivity index (χ2n) is 11.9. The van der Waals surface area contributed by atoms with E-state index in [0.717, 1.165) is 51.4 Å². The Kier molecular flexibility index (Phi) is 7.14. The van der Waals surface area contributed by atoms with Gasteiger partial charge < -0.3 is 15.2 Å². The number of Topliss-reactive ketones (excluding diaryl/α,β-unsaturated/α-hetero) is 1. The van der Waals surface area contributed by atoms with Gasteiger partial charge in [0.25, 0.3) is 0 Å². The van der Waals surface area contributed by atoms with E-state index in [1.807, 2.05) is 13.0 Å². The third kappa shape index (κ3) is 4.72. The van der Waals surface area contributed by atoms with E-state index in [9.17, 15) is 14.7 Å². The molecule has 5 rings (SSSR count). The number of aryl methyl sites for hydroxylation is 1. The number of amides is 1. The standard InChI is InChI=1S/C30H43NO4/c1-3-35-26-18-24-19(16-25(26)32)12-13-23-22(24)14-15-30(2)27(33)17-20(29(23)30)8-7-11-28(34)31-21-9-5-4-6-10-21/h16,18,20-23,29,32H,3-15,17H2,1-2H3,(H,31,34)/t20-,22?,23?,29?,30+/m0/s1. The zero-order valence-electron chi connectivity index (χ0n) is 21.6. The molecule has 0 aromatic heterocycles. The number of benzene rings is 1. The number of nitrogens with one attached hydrogen (secondary N) is 1. The molecule has 0 heterocycles. The molecule has 1 aromatic rings. The Morgan fingerprint density at radius 3 is 2.74 bits per heavy atom. The molecule has 5 heteroatoms. The fourth-order valence-corrected chi connectivity index (χ4v) is 8.25. The predicted octanol–water partition coefficient (Wildman–Crippen LogP) is 6.06. The average molecular weight is 482 g/mol. The van der Waals surface area contributed by atoms with Crippen molar-refractivity contribution in [3.05, 3.63) is 23.3 Å². The molecular weight excluding hydrogens is 438 g/mol. The van der Waals surface area contributed by atoms with Crippen molar-refractivity contribution in [2.75, 3.05) is 6.61 Å². The lowest BCUT2D eigenvalue weighted by Crippen LogP contribution is -2.44. The van der Waals surface area contributed by atoms with Crippen molar-refractivity contribution in [2.45, 2.75) is 109 Å². The highest BCUT2D eigenvalue weighted by Gasteiger charge is 2.58. The van der Waals surface area contributed by atoms with Crippen molar-refractivity contribution in [2.24, 2.45) is 23.2 Å². The lowest BCUT2D eigenvalue weighted by atomic mass is 9.54. The second kappa shape index (κ2) is 10.1. The van der Waals surface area contributed by atoms with Crippen LogP contribution in [0.1, 0.15) is 108 Å². The number of hydrogen-bond acceptors (Lipinski definition) is 4. The number of carbonyl (C=O) groups is 2. The number of hydrogen-bond donors (Lipinski definition) is 2. The van der Waals surface area contributed by atoms with Crippen molar-refractivity contribution in [1.82, 2.24) is 5.32 Å². The van der Waals surface area contributed by atoms with Gasteiger partial charge in [0.1, 0.15) is 5.78 Å². The molecule has 1 aromatic carbocycles. The van der Waals surface area contributed by atoms with Crippen LogP contribution < -0.4 is 10.1 Å². The summed E-state index contributed by atoms with van der Waals surface area (Å²) < 4.78 is 5.71. The van der Waals surface area contributed by atoms with Crippen molar-refractivity contribution in [1.29, 1.82) is 0 Å². The van der Waals surface area contributed by atoms with E-state index in [-0.39, 0.29) is 17.1 Å². The Hall–Kier alpha value is -2.04. The van der Waals surface area contributed by atoms with Gasteiger partial charge >= 0.3 is 0 Å². The fraction of sp³-hybridized carbons (Fsp3) is 0.733. The van der Waals surface area contributed by atoms with E-state index in [0.29, 0.717) is 60.7 Å². The molecule has 35 heavy (non-hydrogen) atoms. The van der Waals surface area contributed by atoms with Crippen LogP contribution in [-0.4, -0.2) is 29.4 Å². The van der Waals surface area contributed by atoms with Crippen LogP contribution in [-0.2, 0) is 16.0 Å². The highest BCUT2D eigenvalue weighted by Crippen LogP contribution is 2.62. The zero-order valence-corrected chi connectivity index (χ0v) is 21.6. The smallest absolute Gasteiger partial charge is 0.220 e. The molecule has 1 amide bonds. The number of aromatic hydroxyl groups is 1. The molecule has 0 spiro atoms. The largest absolute Gasteiger partial charge is 0.504 e. The van der Waals surface area contributed by atoms with Crippen LogP contribution in [0, 0.1) is 23.2 Å². The summed E-state index contributed by atoms with van der Waals surface area (Å²) >= 11 is 0. The Labute approximate surface area is 210 Å². The molecule has 0 bridgehead atoms. The van der Waals surface area contributed by atoms with E-state index in [4.69, 9.17) is 4.74 Å². The third-order valence-corrected chi connectivity index (χ3v) is 9.90. The van der Waals surface area contributed by atoms with Gasteiger partial charge in [0.2, 0.25) is 5.91 Å². The maximum atomic E-state index is 13.3. The Balaban J connectivity index is 1.28. The number of carbonyl (C=O) groups excluding carboxylic acids is 2. The van der Waals surface area contributed by atoms with Crippen molar-refractivity contribution in [3.63, 3.8) is 0 Å². The Bertz CT molecular complexity index is 952.